The summed E-state index contributed by atoms with van der Waals surface area (Å²) in [5.41, 5.74) is 5.93. The number of aryl methyl sites for hydroxylation is 1. The minimum absolute atomic E-state index is 0.00204. The molecule has 1 aromatic heterocycles. The van der Waals surface area contributed by atoms with Crippen molar-refractivity contribution < 1.29 is 9.53 Å². The first-order valence-corrected chi connectivity index (χ1v) is 7.10. The Bertz CT molecular complexity index is 413. The molecule has 0 saturated carbocycles. The van der Waals surface area contributed by atoms with Gasteiger partial charge in [0.1, 0.15) is 5.60 Å². The topological polar surface area (TPSA) is 77.2 Å². The van der Waals surface area contributed by atoms with Crippen molar-refractivity contribution in [3.05, 3.63) is 11.1 Å². The number of anilines is 1. The van der Waals surface area contributed by atoms with Crippen molar-refractivity contribution in [3.8, 4) is 0 Å². The van der Waals surface area contributed by atoms with Crippen LogP contribution in [0.3, 0.4) is 0 Å². The maximum Gasteiger partial charge on any atom is 0.251 e. The molecule has 0 unspecified atom stereocenters. The van der Waals surface area contributed by atoms with Gasteiger partial charge in [-0.15, -0.1) is 11.3 Å². The number of nitrogen functional groups attached to an aromatic ring is 1. The van der Waals surface area contributed by atoms with Crippen LogP contribution in [0, 0.1) is 0 Å². The standard InChI is InChI=1S/C12H19N3O2S/c1-12(5-3-7-17-12)10(16)14-6-2-4-9-8-18-11(13)15-9/h8H,2-7H2,1H3,(H2,13,15)(H,14,16)/t12-/m1/s1. The van der Waals surface area contributed by atoms with Gasteiger partial charge >= 0.3 is 0 Å². The fourth-order valence-corrected chi connectivity index (χ4v) is 2.65. The molecule has 1 saturated heterocycles. The average Bonchev–Trinajstić information content (AvgIpc) is 2.94. The van der Waals surface area contributed by atoms with Crippen molar-refractivity contribution in [1.82, 2.24) is 10.3 Å². The molecule has 5 nitrogen and oxygen atoms in total. The van der Waals surface area contributed by atoms with E-state index in [4.69, 9.17) is 10.5 Å². The van der Waals surface area contributed by atoms with Gasteiger partial charge in [-0.25, -0.2) is 4.98 Å². The number of rotatable bonds is 5. The summed E-state index contributed by atoms with van der Waals surface area (Å²) in [5.74, 6) is -0.00204. The minimum Gasteiger partial charge on any atom is -0.375 e. The predicted octanol–water partition coefficient (Wildman–Crippen LogP) is 1.34. The smallest absolute Gasteiger partial charge is 0.251 e. The van der Waals surface area contributed by atoms with Crippen molar-refractivity contribution in [2.45, 2.75) is 38.2 Å². The molecule has 1 aliphatic rings. The van der Waals surface area contributed by atoms with Crippen LogP contribution < -0.4 is 11.1 Å². The van der Waals surface area contributed by atoms with Crippen LogP contribution in [0.5, 0.6) is 0 Å². The van der Waals surface area contributed by atoms with Crippen molar-refractivity contribution in [3.63, 3.8) is 0 Å². The number of hydrogen-bond acceptors (Lipinski definition) is 5. The number of carbonyl (C=O) groups excluding carboxylic acids is 1. The lowest BCUT2D eigenvalue weighted by Crippen LogP contribution is -2.44. The second-order valence-electron chi connectivity index (χ2n) is 4.72. The quantitative estimate of drug-likeness (QED) is 0.791. The third kappa shape index (κ3) is 3.20. The van der Waals surface area contributed by atoms with Gasteiger partial charge in [0.25, 0.3) is 5.91 Å². The molecule has 18 heavy (non-hydrogen) atoms. The second-order valence-corrected chi connectivity index (χ2v) is 5.61. The van der Waals surface area contributed by atoms with E-state index >= 15 is 0 Å². The van der Waals surface area contributed by atoms with Crippen molar-refractivity contribution in [1.29, 1.82) is 0 Å². The van der Waals surface area contributed by atoms with Gasteiger partial charge in [-0.2, -0.15) is 0 Å². The van der Waals surface area contributed by atoms with E-state index in [0.717, 1.165) is 31.4 Å². The number of carbonyl (C=O) groups is 1. The molecule has 1 aromatic rings. The summed E-state index contributed by atoms with van der Waals surface area (Å²) >= 11 is 1.45. The Morgan fingerprint density at radius 2 is 2.56 bits per heavy atom. The normalized spacial score (nSPS) is 23.2. The lowest BCUT2D eigenvalue weighted by Gasteiger charge is -2.21. The fraction of sp³-hybridized carbons (Fsp3) is 0.667. The van der Waals surface area contributed by atoms with E-state index in [1.807, 2.05) is 12.3 Å². The molecule has 1 atom stereocenters. The van der Waals surface area contributed by atoms with E-state index in [1.165, 1.54) is 11.3 Å². The zero-order valence-electron chi connectivity index (χ0n) is 10.6. The molecule has 0 aromatic carbocycles. The summed E-state index contributed by atoms with van der Waals surface area (Å²) in [7, 11) is 0. The van der Waals surface area contributed by atoms with E-state index in [-0.39, 0.29) is 5.91 Å². The lowest BCUT2D eigenvalue weighted by molar-refractivity contribution is -0.139. The molecular formula is C12H19N3O2S. The number of amides is 1. The summed E-state index contributed by atoms with van der Waals surface area (Å²) in [6, 6.07) is 0. The summed E-state index contributed by atoms with van der Waals surface area (Å²) < 4.78 is 5.48. The van der Waals surface area contributed by atoms with Gasteiger partial charge in [-0.1, -0.05) is 0 Å². The number of nitrogens with one attached hydrogen (secondary N) is 1. The van der Waals surface area contributed by atoms with Crippen molar-refractivity contribution in [2.75, 3.05) is 18.9 Å². The number of hydrogen-bond donors (Lipinski definition) is 2. The maximum atomic E-state index is 11.9. The largest absolute Gasteiger partial charge is 0.375 e. The Morgan fingerprint density at radius 1 is 1.72 bits per heavy atom. The number of aromatic nitrogens is 1. The van der Waals surface area contributed by atoms with E-state index in [2.05, 4.69) is 10.3 Å². The minimum atomic E-state index is -0.620. The van der Waals surface area contributed by atoms with Crippen LogP contribution in [-0.4, -0.2) is 29.6 Å². The molecule has 0 aliphatic carbocycles. The Balaban J connectivity index is 1.67. The molecule has 1 aliphatic heterocycles. The Labute approximate surface area is 111 Å². The van der Waals surface area contributed by atoms with Crippen molar-refractivity contribution >= 4 is 22.4 Å². The molecule has 2 rings (SSSR count). The fourth-order valence-electron chi connectivity index (χ4n) is 2.05. The number of thiazole rings is 1. The average molecular weight is 269 g/mol. The van der Waals surface area contributed by atoms with Crippen LogP contribution in [-0.2, 0) is 16.0 Å². The lowest BCUT2D eigenvalue weighted by atomic mass is 10.0. The van der Waals surface area contributed by atoms with Crippen molar-refractivity contribution in [2.24, 2.45) is 0 Å². The molecule has 6 heteroatoms. The molecule has 100 valence electrons. The highest BCUT2D eigenvalue weighted by Crippen LogP contribution is 2.24. The zero-order chi connectivity index (χ0) is 13.0. The van der Waals surface area contributed by atoms with Gasteiger partial charge in [0.2, 0.25) is 0 Å². The molecule has 0 spiro atoms. The van der Waals surface area contributed by atoms with Gasteiger partial charge in [-0.05, 0) is 32.6 Å². The van der Waals surface area contributed by atoms with Crippen LogP contribution in [0.15, 0.2) is 5.38 Å². The molecule has 1 amide bonds. The third-order valence-electron chi connectivity index (χ3n) is 3.16. The van der Waals surface area contributed by atoms with Crippen LogP contribution >= 0.6 is 11.3 Å². The summed E-state index contributed by atoms with van der Waals surface area (Å²) in [4.78, 5) is 16.1. The Morgan fingerprint density at radius 3 is 3.17 bits per heavy atom. The third-order valence-corrected chi connectivity index (χ3v) is 3.89. The van der Waals surface area contributed by atoms with Gasteiger partial charge in [0, 0.05) is 18.5 Å². The summed E-state index contributed by atoms with van der Waals surface area (Å²) in [5, 5.41) is 5.48. The highest BCUT2D eigenvalue weighted by molar-refractivity contribution is 7.13. The zero-order valence-corrected chi connectivity index (χ0v) is 11.4. The summed E-state index contributed by atoms with van der Waals surface area (Å²) in [6.45, 7) is 3.19. The maximum absolute atomic E-state index is 11.9. The molecule has 2 heterocycles. The van der Waals surface area contributed by atoms with E-state index < -0.39 is 5.60 Å². The second kappa shape index (κ2) is 5.67. The molecular weight excluding hydrogens is 250 g/mol. The first-order chi connectivity index (χ1) is 8.60. The molecule has 3 N–H and O–H groups in total. The van der Waals surface area contributed by atoms with Gasteiger partial charge in [0.15, 0.2) is 5.13 Å². The van der Waals surface area contributed by atoms with Crippen LogP contribution in [0.1, 0.15) is 31.9 Å². The first kappa shape index (κ1) is 13.3. The Hall–Kier alpha value is -1.14. The van der Waals surface area contributed by atoms with Crippen LogP contribution in [0.4, 0.5) is 5.13 Å². The molecule has 0 bridgehead atoms. The van der Waals surface area contributed by atoms with Gasteiger partial charge in [-0.3, -0.25) is 4.79 Å². The Kier molecular flexibility index (Phi) is 4.19. The highest BCUT2D eigenvalue weighted by Gasteiger charge is 2.37. The predicted molar refractivity (Wildman–Crippen MR) is 71.4 cm³/mol. The van der Waals surface area contributed by atoms with Crippen LogP contribution in [0.2, 0.25) is 0 Å². The van der Waals surface area contributed by atoms with Gasteiger partial charge < -0.3 is 15.8 Å². The summed E-state index contributed by atoms with van der Waals surface area (Å²) in [6.07, 6.45) is 3.47. The molecule has 0 radical (unpaired) electrons. The number of nitrogens with zero attached hydrogens (tertiary/aromatic N) is 1. The monoisotopic (exact) mass is 269 g/mol. The first-order valence-electron chi connectivity index (χ1n) is 6.22. The van der Waals surface area contributed by atoms with E-state index in [9.17, 15) is 4.79 Å². The highest BCUT2D eigenvalue weighted by atomic mass is 32.1. The number of nitrogens with two attached hydrogens (primary N) is 1. The number of ether oxygens (including phenoxy) is 1. The van der Waals surface area contributed by atoms with Gasteiger partial charge in [0.05, 0.1) is 5.69 Å². The SMILES string of the molecule is C[C@]1(C(=O)NCCCc2csc(N)n2)CCCO1. The van der Waals surface area contributed by atoms with Crippen LogP contribution in [0.25, 0.3) is 0 Å². The molecule has 1 fully saturated rings. The van der Waals surface area contributed by atoms with E-state index in [1.54, 1.807) is 0 Å². The van der Waals surface area contributed by atoms with E-state index in [0.29, 0.717) is 18.3 Å².